The number of pyridine rings is 1. The average molecular weight is 288 g/mol. The van der Waals surface area contributed by atoms with E-state index in [2.05, 4.69) is 11.9 Å². The smallest absolute Gasteiger partial charge is 0.228 e. The molecule has 0 saturated carbocycles. The molecule has 0 aromatic carbocycles. The summed E-state index contributed by atoms with van der Waals surface area (Å²) in [6.45, 7) is 2.94. The number of hydrogen-bond acceptors (Lipinski definition) is 4. The summed E-state index contributed by atoms with van der Waals surface area (Å²) >= 11 is 1.91. The Morgan fingerprint density at radius 3 is 3.00 bits per heavy atom. The van der Waals surface area contributed by atoms with Gasteiger partial charge in [-0.05, 0) is 19.1 Å². The fourth-order valence-electron chi connectivity index (χ4n) is 1.89. The summed E-state index contributed by atoms with van der Waals surface area (Å²) in [5.74, 6) is 2.22. The first-order valence-electron chi connectivity index (χ1n) is 5.74. The second-order valence-electron chi connectivity index (χ2n) is 4.27. The van der Waals surface area contributed by atoms with Crippen LogP contribution in [-0.4, -0.2) is 39.9 Å². The van der Waals surface area contributed by atoms with Crippen LogP contribution in [0.2, 0.25) is 0 Å². The van der Waals surface area contributed by atoms with Gasteiger partial charge in [-0.25, -0.2) is 0 Å². The Morgan fingerprint density at radius 1 is 1.61 bits per heavy atom. The molecule has 6 heteroatoms. The van der Waals surface area contributed by atoms with E-state index in [-0.39, 0.29) is 18.3 Å². The zero-order chi connectivity index (χ0) is 12.3. The molecule has 1 amide bonds. The minimum Gasteiger partial charge on any atom is -0.397 e. The third-order valence-corrected chi connectivity index (χ3v) is 4.06. The van der Waals surface area contributed by atoms with Crippen LogP contribution in [0.25, 0.3) is 0 Å². The molecule has 2 N–H and O–H groups in total. The van der Waals surface area contributed by atoms with Crippen LogP contribution in [0.4, 0.5) is 5.69 Å². The Labute approximate surface area is 118 Å². The van der Waals surface area contributed by atoms with Gasteiger partial charge < -0.3 is 10.6 Å². The summed E-state index contributed by atoms with van der Waals surface area (Å²) in [6, 6.07) is 3.93. The van der Waals surface area contributed by atoms with E-state index < -0.39 is 0 Å². The highest BCUT2D eigenvalue weighted by Gasteiger charge is 2.23. The molecule has 1 aromatic heterocycles. The summed E-state index contributed by atoms with van der Waals surface area (Å²) in [5, 5.41) is 0. The lowest BCUT2D eigenvalue weighted by Gasteiger charge is -2.33. The highest BCUT2D eigenvalue weighted by Crippen LogP contribution is 2.17. The number of halogens is 1. The third-order valence-electron chi connectivity index (χ3n) is 2.87. The van der Waals surface area contributed by atoms with E-state index >= 15 is 0 Å². The van der Waals surface area contributed by atoms with E-state index in [1.54, 1.807) is 12.3 Å². The second kappa shape index (κ2) is 6.85. The molecule has 0 aliphatic carbocycles. The van der Waals surface area contributed by atoms with Gasteiger partial charge in [-0.1, -0.05) is 0 Å². The van der Waals surface area contributed by atoms with E-state index in [1.165, 1.54) is 0 Å². The SMILES string of the molecule is CC1CSCCN1C(=O)Cc1ccc(N)cn1.Cl. The van der Waals surface area contributed by atoms with Gasteiger partial charge in [0.25, 0.3) is 0 Å². The molecular weight excluding hydrogens is 270 g/mol. The quantitative estimate of drug-likeness (QED) is 0.897. The molecular formula is C12H18ClN3OS. The van der Waals surface area contributed by atoms with Gasteiger partial charge in [0, 0.05) is 29.8 Å². The molecule has 1 fully saturated rings. The number of carbonyl (C=O) groups is 1. The Kier molecular flexibility index (Phi) is 5.75. The van der Waals surface area contributed by atoms with E-state index in [1.807, 2.05) is 22.7 Å². The Hall–Kier alpha value is -0.940. The highest BCUT2D eigenvalue weighted by molar-refractivity contribution is 7.99. The predicted molar refractivity (Wildman–Crippen MR) is 78.1 cm³/mol. The molecule has 1 saturated heterocycles. The number of nitrogens with zero attached hydrogens (tertiary/aromatic N) is 2. The number of anilines is 1. The first-order chi connectivity index (χ1) is 8.16. The van der Waals surface area contributed by atoms with Crippen LogP contribution < -0.4 is 5.73 Å². The van der Waals surface area contributed by atoms with Crippen molar-refractivity contribution < 1.29 is 4.79 Å². The minimum atomic E-state index is 0. The van der Waals surface area contributed by atoms with Gasteiger partial charge in [-0.2, -0.15) is 11.8 Å². The third kappa shape index (κ3) is 3.78. The number of carbonyl (C=O) groups excluding carboxylic acids is 1. The Morgan fingerprint density at radius 2 is 2.39 bits per heavy atom. The Balaban J connectivity index is 0.00000162. The zero-order valence-corrected chi connectivity index (χ0v) is 12.0. The molecule has 1 atom stereocenters. The Bertz CT molecular complexity index is 399. The molecule has 4 nitrogen and oxygen atoms in total. The van der Waals surface area contributed by atoms with Crippen molar-refractivity contribution in [2.75, 3.05) is 23.8 Å². The summed E-state index contributed by atoms with van der Waals surface area (Å²) in [6.07, 6.45) is 1.97. The van der Waals surface area contributed by atoms with Gasteiger partial charge in [0.1, 0.15) is 0 Å². The fraction of sp³-hybridized carbons (Fsp3) is 0.500. The van der Waals surface area contributed by atoms with Crippen molar-refractivity contribution in [1.82, 2.24) is 9.88 Å². The number of nitrogen functional groups attached to an aromatic ring is 1. The molecule has 1 aromatic rings. The maximum atomic E-state index is 12.1. The molecule has 100 valence electrons. The standard InChI is InChI=1S/C12H17N3OS.ClH/c1-9-8-17-5-4-15(9)12(16)6-11-3-2-10(13)7-14-11;/h2-3,7,9H,4-6,8,13H2,1H3;1H. The van der Waals surface area contributed by atoms with Crippen molar-refractivity contribution in [3.8, 4) is 0 Å². The van der Waals surface area contributed by atoms with Gasteiger partial charge >= 0.3 is 0 Å². The monoisotopic (exact) mass is 287 g/mol. The number of thioether (sulfide) groups is 1. The summed E-state index contributed by atoms with van der Waals surface area (Å²) in [4.78, 5) is 18.2. The van der Waals surface area contributed by atoms with Crippen LogP contribution in [0, 0.1) is 0 Å². The van der Waals surface area contributed by atoms with Crippen LogP contribution in [-0.2, 0) is 11.2 Å². The van der Waals surface area contributed by atoms with E-state index in [0.29, 0.717) is 18.2 Å². The molecule has 18 heavy (non-hydrogen) atoms. The van der Waals surface area contributed by atoms with Crippen LogP contribution in [0.3, 0.4) is 0 Å². The summed E-state index contributed by atoms with van der Waals surface area (Å²) < 4.78 is 0. The summed E-state index contributed by atoms with van der Waals surface area (Å²) in [7, 11) is 0. The van der Waals surface area contributed by atoms with E-state index in [4.69, 9.17) is 5.73 Å². The number of nitrogens with two attached hydrogens (primary N) is 1. The number of aromatic nitrogens is 1. The lowest BCUT2D eigenvalue weighted by atomic mass is 10.2. The normalized spacial score (nSPS) is 19.2. The van der Waals surface area contributed by atoms with Crippen molar-refractivity contribution in [2.45, 2.75) is 19.4 Å². The summed E-state index contributed by atoms with van der Waals surface area (Å²) in [5.41, 5.74) is 6.98. The lowest BCUT2D eigenvalue weighted by Crippen LogP contribution is -2.45. The second-order valence-corrected chi connectivity index (χ2v) is 5.42. The minimum absolute atomic E-state index is 0. The molecule has 0 bridgehead atoms. The zero-order valence-electron chi connectivity index (χ0n) is 10.3. The highest BCUT2D eigenvalue weighted by atomic mass is 35.5. The number of amides is 1. The molecule has 2 rings (SSSR count). The van der Waals surface area contributed by atoms with Crippen molar-refractivity contribution >= 4 is 35.8 Å². The van der Waals surface area contributed by atoms with Crippen LogP contribution in [0.15, 0.2) is 18.3 Å². The topological polar surface area (TPSA) is 59.2 Å². The molecule has 2 heterocycles. The average Bonchev–Trinajstić information content (AvgIpc) is 2.32. The van der Waals surface area contributed by atoms with Gasteiger partial charge in [-0.3, -0.25) is 9.78 Å². The van der Waals surface area contributed by atoms with Crippen LogP contribution in [0.5, 0.6) is 0 Å². The maximum absolute atomic E-state index is 12.1. The first kappa shape index (κ1) is 15.1. The van der Waals surface area contributed by atoms with E-state index in [9.17, 15) is 4.79 Å². The van der Waals surface area contributed by atoms with E-state index in [0.717, 1.165) is 23.7 Å². The largest absolute Gasteiger partial charge is 0.397 e. The van der Waals surface area contributed by atoms with Crippen molar-refractivity contribution in [2.24, 2.45) is 0 Å². The molecule has 0 spiro atoms. The molecule has 0 radical (unpaired) electrons. The lowest BCUT2D eigenvalue weighted by molar-refractivity contribution is -0.131. The molecule has 1 aliphatic rings. The number of hydrogen-bond donors (Lipinski definition) is 1. The van der Waals surface area contributed by atoms with Gasteiger partial charge in [-0.15, -0.1) is 12.4 Å². The maximum Gasteiger partial charge on any atom is 0.228 e. The van der Waals surface area contributed by atoms with Crippen LogP contribution in [0.1, 0.15) is 12.6 Å². The molecule has 1 aliphatic heterocycles. The van der Waals surface area contributed by atoms with Crippen molar-refractivity contribution in [3.63, 3.8) is 0 Å². The number of rotatable bonds is 2. The van der Waals surface area contributed by atoms with Crippen molar-refractivity contribution in [3.05, 3.63) is 24.0 Å². The fourth-order valence-corrected chi connectivity index (χ4v) is 2.91. The van der Waals surface area contributed by atoms with Crippen LogP contribution >= 0.6 is 24.2 Å². The van der Waals surface area contributed by atoms with Gasteiger partial charge in [0.15, 0.2) is 0 Å². The predicted octanol–water partition coefficient (Wildman–Crippen LogP) is 1.59. The van der Waals surface area contributed by atoms with Crippen molar-refractivity contribution in [1.29, 1.82) is 0 Å². The van der Waals surface area contributed by atoms with Gasteiger partial charge in [0.2, 0.25) is 5.91 Å². The first-order valence-corrected chi connectivity index (χ1v) is 6.90. The molecule has 1 unspecified atom stereocenters. The van der Waals surface area contributed by atoms with Gasteiger partial charge in [0.05, 0.1) is 18.3 Å².